The van der Waals surface area contributed by atoms with Gasteiger partial charge in [-0.25, -0.2) is 19.7 Å². The van der Waals surface area contributed by atoms with Gasteiger partial charge in [-0.1, -0.05) is 66.2 Å². The highest BCUT2D eigenvalue weighted by Gasteiger charge is 2.38. The van der Waals surface area contributed by atoms with Gasteiger partial charge in [0.25, 0.3) is 5.56 Å². The van der Waals surface area contributed by atoms with Gasteiger partial charge in [0.05, 0.1) is 16.6 Å². The van der Waals surface area contributed by atoms with Gasteiger partial charge in [0.15, 0.2) is 5.82 Å². The summed E-state index contributed by atoms with van der Waals surface area (Å²) in [4.78, 5) is 40.5. The van der Waals surface area contributed by atoms with Gasteiger partial charge in [-0.2, -0.15) is 18.3 Å². The molecule has 49 heavy (non-hydrogen) atoms. The Hall–Kier alpha value is -5.40. The molecule has 6 aromatic rings. The van der Waals surface area contributed by atoms with Crippen LogP contribution in [0.4, 0.5) is 13.2 Å². The molecule has 1 fully saturated rings. The lowest BCUT2D eigenvalue weighted by atomic mass is 9.95. The molecule has 250 valence electrons. The van der Waals surface area contributed by atoms with Crippen LogP contribution in [0.15, 0.2) is 96.1 Å². The predicted molar refractivity (Wildman–Crippen MR) is 179 cm³/mol. The summed E-state index contributed by atoms with van der Waals surface area (Å²) in [6.07, 6.45) is 0.301. The zero-order valence-corrected chi connectivity index (χ0v) is 26.5. The smallest absolute Gasteiger partial charge is 0.475 e. The number of nitrogens with zero attached hydrogens (tertiary/aromatic N) is 5. The van der Waals surface area contributed by atoms with Crippen molar-refractivity contribution in [1.82, 2.24) is 35.0 Å². The molecular weight excluding hydrogens is 659 g/mol. The number of halogens is 4. The summed E-state index contributed by atoms with van der Waals surface area (Å²) in [5.74, 6) is -0.817. The number of aliphatic carboxylic acids is 1. The summed E-state index contributed by atoms with van der Waals surface area (Å²) in [6, 6.07) is 26.2. The van der Waals surface area contributed by atoms with Gasteiger partial charge < -0.3 is 10.1 Å². The van der Waals surface area contributed by atoms with Gasteiger partial charge in [-0.05, 0) is 61.3 Å². The van der Waals surface area contributed by atoms with Crippen molar-refractivity contribution in [2.75, 3.05) is 13.1 Å². The molecule has 3 N–H and O–H groups in total. The largest absolute Gasteiger partial charge is 0.490 e. The minimum Gasteiger partial charge on any atom is -0.475 e. The average Bonchev–Trinajstić information content (AvgIpc) is 3.60. The number of pyridine rings is 3. The molecule has 7 rings (SSSR count). The maximum absolute atomic E-state index is 12.5. The van der Waals surface area contributed by atoms with Gasteiger partial charge in [0.1, 0.15) is 11.0 Å². The van der Waals surface area contributed by atoms with Crippen molar-refractivity contribution in [2.45, 2.75) is 31.5 Å². The number of benzene rings is 2. The summed E-state index contributed by atoms with van der Waals surface area (Å²) in [6.45, 7) is 2.87. The van der Waals surface area contributed by atoms with Crippen LogP contribution < -0.4 is 5.56 Å². The van der Waals surface area contributed by atoms with Crippen LogP contribution in [0.2, 0.25) is 5.15 Å². The number of carbonyl (C=O) groups is 1. The maximum atomic E-state index is 12.5. The molecule has 0 bridgehead atoms. The van der Waals surface area contributed by atoms with E-state index in [2.05, 4.69) is 61.5 Å². The molecule has 0 atom stereocenters. The molecule has 0 amide bonds. The van der Waals surface area contributed by atoms with Crippen LogP contribution in [-0.2, 0) is 11.3 Å². The van der Waals surface area contributed by atoms with E-state index in [1.807, 2.05) is 36.4 Å². The Morgan fingerprint density at radius 1 is 0.939 bits per heavy atom. The maximum Gasteiger partial charge on any atom is 0.490 e. The lowest BCUT2D eigenvalue weighted by Gasteiger charge is -2.31. The number of nitrogens with one attached hydrogen (secondary N) is 2. The molecule has 1 aliphatic rings. The van der Waals surface area contributed by atoms with E-state index in [4.69, 9.17) is 31.5 Å². The van der Waals surface area contributed by atoms with Crippen LogP contribution in [0.1, 0.15) is 30.1 Å². The van der Waals surface area contributed by atoms with Gasteiger partial charge in [-0.3, -0.25) is 14.8 Å². The molecule has 2 aromatic carbocycles. The van der Waals surface area contributed by atoms with Crippen LogP contribution in [0.25, 0.3) is 44.7 Å². The Kier molecular flexibility index (Phi) is 9.83. The zero-order valence-electron chi connectivity index (χ0n) is 25.8. The first-order chi connectivity index (χ1) is 23.5. The number of carboxylic acids is 1. The highest BCUT2D eigenvalue weighted by Crippen LogP contribution is 2.33. The summed E-state index contributed by atoms with van der Waals surface area (Å²) in [5, 5.41) is 15.7. The van der Waals surface area contributed by atoms with Crippen molar-refractivity contribution in [3.05, 3.63) is 118 Å². The van der Waals surface area contributed by atoms with Gasteiger partial charge in [0.2, 0.25) is 0 Å². The van der Waals surface area contributed by atoms with Crippen molar-refractivity contribution in [2.24, 2.45) is 0 Å². The molecule has 0 spiro atoms. The van der Waals surface area contributed by atoms with Crippen LogP contribution in [0.5, 0.6) is 0 Å². The fraction of sp³-hybridized carbons (Fsp3) is 0.200. The molecule has 5 heterocycles. The minimum absolute atomic E-state index is 0.134. The molecule has 1 aliphatic heterocycles. The zero-order chi connectivity index (χ0) is 34.5. The number of hydrogen-bond donors (Lipinski definition) is 3. The Labute approximate surface area is 282 Å². The number of H-pyrrole nitrogens is 2. The minimum atomic E-state index is -5.08. The highest BCUT2D eigenvalue weighted by atomic mass is 35.5. The highest BCUT2D eigenvalue weighted by molar-refractivity contribution is 6.29. The Morgan fingerprint density at radius 2 is 1.63 bits per heavy atom. The summed E-state index contributed by atoms with van der Waals surface area (Å²) >= 11 is 5.91. The first-order valence-electron chi connectivity index (χ1n) is 15.3. The molecular formula is C35H29ClF3N7O3. The molecule has 4 aromatic heterocycles. The predicted octanol–water partition coefficient (Wildman–Crippen LogP) is 7.10. The second-order valence-electron chi connectivity index (χ2n) is 11.5. The number of piperidine rings is 1. The molecule has 0 saturated carbocycles. The lowest BCUT2D eigenvalue weighted by Crippen LogP contribution is -2.32. The third kappa shape index (κ3) is 8.02. The SMILES string of the molecule is O=C(O)C(F)(F)F.O=c1[nH]ccc2nc(-c3ccc(CN4CCC(c5nc(-c6ccc(Cl)nc6)n[nH]5)CC4)cc3)c(-c3ccccc3)cc12. The number of carboxylic acid groups (broad SMARTS) is 1. The number of aromatic amines is 2. The van der Waals surface area contributed by atoms with E-state index in [1.54, 1.807) is 18.5 Å². The van der Waals surface area contributed by atoms with Crippen molar-refractivity contribution < 1.29 is 23.1 Å². The summed E-state index contributed by atoms with van der Waals surface area (Å²) < 4.78 is 31.7. The molecule has 0 aliphatic carbocycles. The third-order valence-corrected chi connectivity index (χ3v) is 8.40. The average molecular weight is 688 g/mol. The quantitative estimate of drug-likeness (QED) is 0.158. The van der Waals surface area contributed by atoms with Crippen molar-refractivity contribution in [3.8, 4) is 33.8 Å². The first kappa shape index (κ1) is 33.5. The van der Waals surface area contributed by atoms with Crippen molar-refractivity contribution >= 4 is 28.5 Å². The first-order valence-corrected chi connectivity index (χ1v) is 15.7. The number of rotatable bonds is 6. The number of fused-ring (bicyclic) bond motifs is 1. The molecule has 0 unspecified atom stereocenters. The summed E-state index contributed by atoms with van der Waals surface area (Å²) in [5.41, 5.74) is 6.52. The fourth-order valence-corrected chi connectivity index (χ4v) is 5.76. The normalized spacial score (nSPS) is 14.0. The van der Waals surface area contributed by atoms with E-state index in [1.165, 1.54) is 5.56 Å². The van der Waals surface area contributed by atoms with E-state index >= 15 is 0 Å². The van der Waals surface area contributed by atoms with Crippen molar-refractivity contribution in [3.63, 3.8) is 0 Å². The second kappa shape index (κ2) is 14.4. The Bertz CT molecular complexity index is 2110. The van der Waals surface area contributed by atoms with E-state index in [9.17, 15) is 18.0 Å². The van der Waals surface area contributed by atoms with Crippen LogP contribution in [0, 0.1) is 0 Å². The molecule has 0 radical (unpaired) electrons. The molecule has 10 nitrogen and oxygen atoms in total. The monoisotopic (exact) mass is 687 g/mol. The second-order valence-corrected chi connectivity index (χ2v) is 11.8. The van der Waals surface area contributed by atoms with Crippen LogP contribution in [-0.4, -0.2) is 65.4 Å². The Morgan fingerprint density at radius 3 is 2.29 bits per heavy atom. The van der Waals surface area contributed by atoms with Gasteiger partial charge in [-0.15, -0.1) is 0 Å². The Balaban J connectivity index is 0.000000540. The fourth-order valence-electron chi connectivity index (χ4n) is 5.65. The lowest BCUT2D eigenvalue weighted by molar-refractivity contribution is -0.192. The number of hydrogen-bond acceptors (Lipinski definition) is 7. The van der Waals surface area contributed by atoms with Crippen molar-refractivity contribution in [1.29, 1.82) is 0 Å². The third-order valence-electron chi connectivity index (χ3n) is 8.18. The molecule has 14 heteroatoms. The van der Waals surface area contributed by atoms with Crippen LogP contribution in [0.3, 0.4) is 0 Å². The summed E-state index contributed by atoms with van der Waals surface area (Å²) in [7, 11) is 0. The van der Waals surface area contributed by atoms with Gasteiger partial charge >= 0.3 is 12.1 Å². The topological polar surface area (TPSA) is 141 Å². The number of likely N-dealkylation sites (tertiary alicyclic amines) is 1. The van der Waals surface area contributed by atoms with Gasteiger partial charge in [0, 0.05) is 41.5 Å². The van der Waals surface area contributed by atoms with E-state index < -0.39 is 12.1 Å². The number of aromatic nitrogens is 6. The number of alkyl halides is 3. The van der Waals surface area contributed by atoms with E-state index in [0.29, 0.717) is 27.8 Å². The standard InChI is InChI=1S/C33H28ClN7O.C2HF3O2/c34-29-11-10-25(19-36-29)32-38-31(39-40-32)24-13-16-41(17-14-24)20-21-6-8-23(9-7-21)30-26(22-4-2-1-3-5-22)18-27-28(37-30)12-15-35-33(27)42;3-2(4,5)1(6)7/h1-12,15,18-19,24H,13-14,16-17,20H2,(H,35,42)(H,38,39,40);(H,6,7). The van der Waals surface area contributed by atoms with E-state index in [-0.39, 0.29) is 5.56 Å². The molecule has 1 saturated heterocycles. The van der Waals surface area contributed by atoms with Crippen LogP contribution >= 0.6 is 11.6 Å². The van der Waals surface area contributed by atoms with E-state index in [0.717, 1.165) is 66.2 Å².